The number of ketones is 1. The summed E-state index contributed by atoms with van der Waals surface area (Å²) in [5, 5.41) is 0. The van der Waals surface area contributed by atoms with Gasteiger partial charge in [0.15, 0.2) is 0 Å². The molecule has 0 aliphatic heterocycles. The SMILES string of the molecule is COc1ccc(OC)c(C=CC(=O)c2ccccn2)c1. The van der Waals surface area contributed by atoms with Crippen LogP contribution in [0.5, 0.6) is 11.5 Å². The van der Waals surface area contributed by atoms with E-state index in [1.165, 1.54) is 6.08 Å². The summed E-state index contributed by atoms with van der Waals surface area (Å²) in [6, 6.07) is 10.6. The van der Waals surface area contributed by atoms with E-state index in [9.17, 15) is 4.79 Å². The van der Waals surface area contributed by atoms with Crippen LogP contribution in [0, 0.1) is 0 Å². The summed E-state index contributed by atoms with van der Waals surface area (Å²) < 4.78 is 10.4. The maximum atomic E-state index is 12.0. The van der Waals surface area contributed by atoms with Crippen molar-refractivity contribution in [3.8, 4) is 11.5 Å². The van der Waals surface area contributed by atoms with Crippen molar-refractivity contribution in [1.29, 1.82) is 0 Å². The van der Waals surface area contributed by atoms with Crippen LogP contribution < -0.4 is 9.47 Å². The first kappa shape index (κ1) is 13.8. The van der Waals surface area contributed by atoms with Crippen LogP contribution in [0.3, 0.4) is 0 Å². The number of methoxy groups -OCH3 is 2. The third kappa shape index (κ3) is 3.23. The van der Waals surface area contributed by atoms with Crippen LogP contribution in [0.2, 0.25) is 0 Å². The Bertz CT molecular complexity index is 621. The number of benzene rings is 1. The minimum absolute atomic E-state index is 0.157. The molecule has 0 bridgehead atoms. The molecule has 0 N–H and O–H groups in total. The Labute approximate surface area is 117 Å². The van der Waals surface area contributed by atoms with Crippen molar-refractivity contribution in [3.05, 3.63) is 59.9 Å². The zero-order valence-corrected chi connectivity index (χ0v) is 11.4. The molecule has 4 nitrogen and oxygen atoms in total. The van der Waals surface area contributed by atoms with Gasteiger partial charge in [-0.2, -0.15) is 0 Å². The Morgan fingerprint density at radius 2 is 2.00 bits per heavy atom. The van der Waals surface area contributed by atoms with Crippen LogP contribution in [0.4, 0.5) is 0 Å². The van der Waals surface area contributed by atoms with Crippen molar-refractivity contribution in [2.75, 3.05) is 14.2 Å². The molecule has 102 valence electrons. The first-order chi connectivity index (χ1) is 9.74. The average molecular weight is 269 g/mol. The highest BCUT2D eigenvalue weighted by Crippen LogP contribution is 2.25. The molecular formula is C16H15NO3. The fourth-order valence-corrected chi connectivity index (χ4v) is 1.73. The summed E-state index contributed by atoms with van der Waals surface area (Å²) in [5.74, 6) is 1.22. The lowest BCUT2D eigenvalue weighted by molar-refractivity contribution is 0.104. The average Bonchev–Trinajstić information content (AvgIpc) is 2.53. The Balaban J connectivity index is 2.24. The van der Waals surface area contributed by atoms with Gasteiger partial charge in [0, 0.05) is 11.8 Å². The van der Waals surface area contributed by atoms with Gasteiger partial charge in [0.25, 0.3) is 0 Å². The van der Waals surface area contributed by atoms with Crippen LogP contribution >= 0.6 is 0 Å². The molecule has 0 spiro atoms. The molecule has 20 heavy (non-hydrogen) atoms. The van der Waals surface area contributed by atoms with E-state index in [-0.39, 0.29) is 5.78 Å². The fourth-order valence-electron chi connectivity index (χ4n) is 1.73. The van der Waals surface area contributed by atoms with E-state index in [1.54, 1.807) is 62.9 Å². The number of aromatic nitrogens is 1. The molecule has 0 atom stereocenters. The topological polar surface area (TPSA) is 48.4 Å². The molecule has 4 heteroatoms. The molecule has 0 aliphatic rings. The van der Waals surface area contributed by atoms with E-state index in [1.807, 2.05) is 0 Å². The van der Waals surface area contributed by atoms with Gasteiger partial charge >= 0.3 is 0 Å². The largest absolute Gasteiger partial charge is 0.497 e. The van der Waals surface area contributed by atoms with Crippen molar-refractivity contribution in [3.63, 3.8) is 0 Å². The summed E-state index contributed by atoms with van der Waals surface area (Å²) >= 11 is 0. The van der Waals surface area contributed by atoms with Crippen molar-refractivity contribution in [2.24, 2.45) is 0 Å². The van der Waals surface area contributed by atoms with Crippen LogP contribution in [0.15, 0.2) is 48.7 Å². The van der Waals surface area contributed by atoms with Crippen molar-refractivity contribution in [1.82, 2.24) is 4.98 Å². The first-order valence-corrected chi connectivity index (χ1v) is 6.10. The van der Waals surface area contributed by atoms with Gasteiger partial charge in [0.05, 0.1) is 14.2 Å². The summed E-state index contributed by atoms with van der Waals surface area (Å²) in [6.45, 7) is 0. The standard InChI is InChI=1S/C16H15NO3/c1-19-13-7-9-16(20-2)12(11-13)6-8-15(18)14-5-3-4-10-17-14/h3-11H,1-2H3. The zero-order valence-electron chi connectivity index (χ0n) is 11.4. The molecule has 0 radical (unpaired) electrons. The number of hydrogen-bond acceptors (Lipinski definition) is 4. The van der Waals surface area contributed by atoms with E-state index in [2.05, 4.69) is 4.98 Å². The number of pyridine rings is 1. The Hall–Kier alpha value is -2.62. The molecule has 0 fully saturated rings. The highest BCUT2D eigenvalue weighted by Gasteiger charge is 2.05. The molecule has 0 unspecified atom stereocenters. The van der Waals surface area contributed by atoms with E-state index < -0.39 is 0 Å². The van der Waals surface area contributed by atoms with E-state index >= 15 is 0 Å². The van der Waals surface area contributed by atoms with Gasteiger partial charge < -0.3 is 9.47 Å². The number of ether oxygens (including phenoxy) is 2. The number of hydrogen-bond donors (Lipinski definition) is 0. The maximum Gasteiger partial charge on any atom is 0.204 e. The molecule has 2 rings (SSSR count). The Kier molecular flexibility index (Phi) is 4.50. The summed E-state index contributed by atoms with van der Waals surface area (Å²) in [4.78, 5) is 16.0. The highest BCUT2D eigenvalue weighted by molar-refractivity contribution is 6.05. The van der Waals surface area contributed by atoms with Crippen LogP contribution in [-0.4, -0.2) is 25.0 Å². The van der Waals surface area contributed by atoms with Gasteiger partial charge in [-0.15, -0.1) is 0 Å². The minimum atomic E-state index is -0.157. The molecule has 1 aromatic carbocycles. The molecule has 2 aromatic rings. The lowest BCUT2D eigenvalue weighted by Gasteiger charge is -2.06. The lowest BCUT2D eigenvalue weighted by atomic mass is 10.1. The second kappa shape index (κ2) is 6.52. The van der Waals surface area contributed by atoms with Crippen LogP contribution in [-0.2, 0) is 0 Å². The van der Waals surface area contributed by atoms with Crippen LogP contribution in [0.25, 0.3) is 6.08 Å². The van der Waals surface area contributed by atoms with Crippen molar-refractivity contribution < 1.29 is 14.3 Å². The van der Waals surface area contributed by atoms with Gasteiger partial charge in [-0.05, 0) is 42.5 Å². The second-order valence-corrected chi connectivity index (χ2v) is 4.02. The molecule has 0 saturated carbocycles. The molecular weight excluding hydrogens is 254 g/mol. The third-order valence-corrected chi connectivity index (χ3v) is 2.77. The van der Waals surface area contributed by atoms with Crippen LogP contribution in [0.1, 0.15) is 16.1 Å². The smallest absolute Gasteiger partial charge is 0.204 e. The highest BCUT2D eigenvalue weighted by atomic mass is 16.5. The quantitative estimate of drug-likeness (QED) is 0.618. The Morgan fingerprint density at radius 3 is 2.65 bits per heavy atom. The summed E-state index contributed by atoms with van der Waals surface area (Å²) in [7, 11) is 3.17. The number of carbonyl (C=O) groups excluding carboxylic acids is 1. The van der Waals surface area contributed by atoms with Crippen molar-refractivity contribution in [2.45, 2.75) is 0 Å². The zero-order chi connectivity index (χ0) is 14.4. The van der Waals surface area contributed by atoms with Gasteiger partial charge in [-0.1, -0.05) is 6.07 Å². The molecule has 0 aliphatic carbocycles. The fraction of sp³-hybridized carbons (Fsp3) is 0.125. The van der Waals surface area contributed by atoms with E-state index in [4.69, 9.17) is 9.47 Å². The summed E-state index contributed by atoms with van der Waals surface area (Å²) in [5.41, 5.74) is 1.18. The molecule has 1 heterocycles. The number of nitrogens with zero attached hydrogens (tertiary/aromatic N) is 1. The summed E-state index contributed by atoms with van der Waals surface area (Å²) in [6.07, 6.45) is 4.76. The number of rotatable bonds is 5. The molecule has 0 amide bonds. The molecule has 1 aromatic heterocycles. The normalized spacial score (nSPS) is 10.5. The number of carbonyl (C=O) groups is 1. The Morgan fingerprint density at radius 1 is 1.15 bits per heavy atom. The van der Waals surface area contributed by atoms with Gasteiger partial charge in [0.2, 0.25) is 5.78 Å². The van der Waals surface area contributed by atoms with Gasteiger partial charge in [-0.3, -0.25) is 9.78 Å². The third-order valence-electron chi connectivity index (χ3n) is 2.77. The minimum Gasteiger partial charge on any atom is -0.497 e. The predicted octanol–water partition coefficient (Wildman–Crippen LogP) is 2.99. The first-order valence-electron chi connectivity index (χ1n) is 6.10. The van der Waals surface area contributed by atoms with E-state index in [0.717, 1.165) is 5.56 Å². The lowest BCUT2D eigenvalue weighted by Crippen LogP contribution is -1.97. The predicted molar refractivity (Wildman–Crippen MR) is 77.1 cm³/mol. The number of allylic oxidation sites excluding steroid dienone is 1. The van der Waals surface area contributed by atoms with E-state index in [0.29, 0.717) is 17.2 Å². The van der Waals surface area contributed by atoms with Gasteiger partial charge in [-0.25, -0.2) is 0 Å². The van der Waals surface area contributed by atoms with Crippen molar-refractivity contribution >= 4 is 11.9 Å². The monoisotopic (exact) mass is 269 g/mol. The second-order valence-electron chi connectivity index (χ2n) is 4.02. The molecule has 0 saturated heterocycles. The van der Waals surface area contributed by atoms with Gasteiger partial charge in [0.1, 0.15) is 17.2 Å². The maximum absolute atomic E-state index is 12.0.